The minimum atomic E-state index is -0.375. The van der Waals surface area contributed by atoms with Crippen molar-refractivity contribution in [2.45, 2.75) is 38.5 Å². The summed E-state index contributed by atoms with van der Waals surface area (Å²) in [5.74, 6) is 1.01. The number of anilines is 3. The molecule has 7 nitrogen and oxygen atoms in total. The number of aromatic nitrogens is 5. The Morgan fingerprint density at radius 1 is 0.712 bits per heavy atom. The summed E-state index contributed by atoms with van der Waals surface area (Å²) in [6.45, 7) is 9.30. The van der Waals surface area contributed by atoms with E-state index in [-0.39, 0.29) is 37.6 Å². The normalized spacial score (nSPS) is 14.4. The van der Waals surface area contributed by atoms with Gasteiger partial charge in [-0.3, -0.25) is 8.97 Å². The topological polar surface area (TPSA) is 54.0 Å². The molecule has 0 radical (unpaired) electrons. The van der Waals surface area contributed by atoms with Gasteiger partial charge in [-0.25, -0.2) is 4.98 Å². The van der Waals surface area contributed by atoms with E-state index in [0.29, 0.717) is 5.52 Å². The second-order valence-electron chi connectivity index (χ2n) is 14.5. The summed E-state index contributed by atoms with van der Waals surface area (Å²) in [7, 11) is 0. The van der Waals surface area contributed by atoms with Crippen molar-refractivity contribution in [1.29, 1.82) is 0 Å². The number of para-hydroxylation sites is 5. The van der Waals surface area contributed by atoms with Gasteiger partial charge in [0.2, 0.25) is 0 Å². The van der Waals surface area contributed by atoms with Crippen LogP contribution in [-0.4, -0.2) is 23.5 Å². The van der Waals surface area contributed by atoms with Crippen LogP contribution in [0.3, 0.4) is 0 Å². The minimum Gasteiger partial charge on any atom is -0.506 e. The molecule has 0 aliphatic carbocycles. The van der Waals surface area contributed by atoms with E-state index in [2.05, 4.69) is 160 Å². The Hall–Kier alpha value is -5.65. The smallest absolute Gasteiger partial charge is 0.506 e. The number of nitrogens with zero attached hydrogens (tertiary/aromatic N) is 6. The number of hydrogen-bond acceptors (Lipinski definition) is 3. The quantitative estimate of drug-likeness (QED) is 0.139. The molecular formula is C44H35N6OPt+. The van der Waals surface area contributed by atoms with Gasteiger partial charge >= 0.3 is 21.1 Å². The van der Waals surface area contributed by atoms with E-state index < -0.39 is 0 Å². The molecule has 0 saturated carbocycles. The summed E-state index contributed by atoms with van der Waals surface area (Å²) in [5, 5.41) is 11.3. The first-order valence-corrected chi connectivity index (χ1v) is 17.3. The fourth-order valence-electron chi connectivity index (χ4n) is 8.11. The average molecular weight is 859 g/mol. The van der Waals surface area contributed by atoms with E-state index in [1.54, 1.807) is 6.07 Å². The zero-order chi connectivity index (χ0) is 34.6. The van der Waals surface area contributed by atoms with Gasteiger partial charge in [0.1, 0.15) is 11.3 Å². The standard InChI is InChI=1S/C44H35N6O.Pt/c1-43(2)33-21-14-24-36-38(33)50-40(44(43,3)4)42(45-41(50)39-37(51)25-26-46(36)39)49(30-17-9-6-10-18-30)32-20-13-19-31(27-32)48-28-47(29-15-7-5-8-16-29)34-22-11-12-23-35(34)48;/h5-26,51H,1-4H3;/q-1;+2. The van der Waals surface area contributed by atoms with Crippen LogP contribution in [-0.2, 0) is 31.9 Å². The molecule has 5 aromatic carbocycles. The summed E-state index contributed by atoms with van der Waals surface area (Å²) in [6.07, 6.45) is 5.56. The fraction of sp³-hybridized carbons (Fsp3) is 0.136. The Balaban J connectivity index is 0.00000360. The first-order chi connectivity index (χ1) is 24.8. The Labute approximate surface area is 315 Å². The van der Waals surface area contributed by atoms with Gasteiger partial charge in [0, 0.05) is 22.7 Å². The molecular weight excluding hydrogens is 824 g/mol. The zero-order valence-electron chi connectivity index (χ0n) is 29.1. The maximum atomic E-state index is 11.3. The van der Waals surface area contributed by atoms with E-state index in [1.165, 1.54) is 5.56 Å². The second-order valence-corrected chi connectivity index (χ2v) is 14.5. The maximum absolute atomic E-state index is 11.3. The van der Waals surface area contributed by atoms with Crippen LogP contribution in [0.1, 0.15) is 39.0 Å². The van der Waals surface area contributed by atoms with E-state index >= 15 is 0 Å². The van der Waals surface area contributed by atoms with Crippen molar-refractivity contribution in [2.24, 2.45) is 0 Å². The predicted octanol–water partition coefficient (Wildman–Crippen LogP) is 9.30. The van der Waals surface area contributed by atoms with E-state index in [0.717, 1.165) is 62.0 Å². The van der Waals surface area contributed by atoms with E-state index in [4.69, 9.17) is 4.98 Å². The maximum Gasteiger partial charge on any atom is 2.00 e. The zero-order valence-corrected chi connectivity index (χ0v) is 31.4. The Bertz CT molecular complexity index is 2830. The molecule has 4 aromatic heterocycles. The molecule has 10 rings (SSSR count). The van der Waals surface area contributed by atoms with Crippen molar-refractivity contribution in [1.82, 2.24) is 18.4 Å². The van der Waals surface area contributed by atoms with Crippen LogP contribution in [0.5, 0.6) is 5.75 Å². The molecule has 0 spiro atoms. The molecule has 52 heavy (non-hydrogen) atoms. The second kappa shape index (κ2) is 11.4. The van der Waals surface area contributed by atoms with Crippen molar-refractivity contribution in [3.05, 3.63) is 157 Å². The third-order valence-electron chi connectivity index (χ3n) is 11.3. The largest absolute Gasteiger partial charge is 2.00 e. The molecule has 5 heterocycles. The van der Waals surface area contributed by atoms with Crippen LogP contribution in [0.25, 0.3) is 44.6 Å². The Kier molecular flexibility index (Phi) is 7.09. The van der Waals surface area contributed by atoms with Crippen LogP contribution >= 0.6 is 0 Å². The number of hydrogen-bond donors (Lipinski definition) is 1. The van der Waals surface area contributed by atoms with Gasteiger partial charge in [-0.2, -0.15) is 18.2 Å². The van der Waals surface area contributed by atoms with Gasteiger partial charge in [0.15, 0.2) is 11.5 Å². The van der Waals surface area contributed by atoms with Crippen LogP contribution in [0.15, 0.2) is 134 Å². The van der Waals surface area contributed by atoms with E-state index in [1.807, 2.05) is 30.5 Å². The average Bonchev–Trinajstić information content (AvgIpc) is 3.86. The van der Waals surface area contributed by atoms with Gasteiger partial charge in [-0.05, 0) is 47.6 Å². The molecule has 0 unspecified atom stereocenters. The van der Waals surface area contributed by atoms with Crippen LogP contribution in [0.4, 0.5) is 17.2 Å². The number of fused-ring (bicyclic) bond motifs is 4. The number of benzene rings is 5. The van der Waals surface area contributed by atoms with Gasteiger partial charge in [0.25, 0.3) is 6.33 Å². The molecule has 0 saturated heterocycles. The molecule has 9 aromatic rings. The molecule has 1 aliphatic rings. The number of imidazole rings is 2. The van der Waals surface area contributed by atoms with Crippen molar-refractivity contribution >= 4 is 50.4 Å². The molecule has 0 bridgehead atoms. The minimum absolute atomic E-state index is 0. The third-order valence-corrected chi connectivity index (χ3v) is 11.3. The third kappa shape index (κ3) is 4.29. The van der Waals surface area contributed by atoms with Gasteiger partial charge in [-0.1, -0.05) is 106 Å². The van der Waals surface area contributed by atoms with Gasteiger partial charge in [-0.15, -0.1) is 6.07 Å². The van der Waals surface area contributed by atoms with Crippen molar-refractivity contribution < 1.29 is 30.7 Å². The predicted molar refractivity (Wildman–Crippen MR) is 202 cm³/mol. The summed E-state index contributed by atoms with van der Waals surface area (Å²) >= 11 is 0. The van der Waals surface area contributed by atoms with Crippen LogP contribution < -0.4 is 9.47 Å². The van der Waals surface area contributed by atoms with Gasteiger partial charge in [0.05, 0.1) is 33.4 Å². The SMILES string of the molecule is CC1(C)c2cccc3c2n2c(c(N(c4[c-]c(-n5[c-][n+](-c6ccccc6)c6ccccc65)ccc4)c4ccccc4)nc2c2c(O)ccn32)C1(C)C.[Pt+2]. The molecule has 0 fully saturated rings. The van der Waals surface area contributed by atoms with Crippen molar-refractivity contribution in [3.8, 4) is 17.1 Å². The molecule has 8 heteroatoms. The summed E-state index contributed by atoms with van der Waals surface area (Å²) in [4.78, 5) is 7.73. The number of rotatable bonds is 5. The molecule has 0 atom stereocenters. The van der Waals surface area contributed by atoms with Crippen molar-refractivity contribution in [3.63, 3.8) is 0 Å². The van der Waals surface area contributed by atoms with Crippen LogP contribution in [0, 0.1) is 12.4 Å². The molecule has 0 amide bonds. The number of aromatic hydroxyl groups is 1. The summed E-state index contributed by atoms with van der Waals surface area (Å²) < 4.78 is 8.56. The molecule has 1 N–H and O–H groups in total. The van der Waals surface area contributed by atoms with Gasteiger partial charge < -0.3 is 19.0 Å². The fourth-order valence-corrected chi connectivity index (χ4v) is 8.11. The molecule has 1 aliphatic heterocycles. The van der Waals surface area contributed by atoms with E-state index in [9.17, 15) is 5.11 Å². The monoisotopic (exact) mass is 858 g/mol. The molecule has 256 valence electrons. The van der Waals surface area contributed by atoms with Crippen LogP contribution in [0.2, 0.25) is 0 Å². The first-order valence-electron chi connectivity index (χ1n) is 17.3. The Morgan fingerprint density at radius 2 is 1.40 bits per heavy atom. The first kappa shape index (κ1) is 32.3. The van der Waals surface area contributed by atoms with Crippen molar-refractivity contribution in [2.75, 3.05) is 4.90 Å². The Morgan fingerprint density at radius 3 is 2.19 bits per heavy atom. The summed E-state index contributed by atoms with van der Waals surface area (Å²) in [5.41, 5.74) is 11.0. The summed E-state index contributed by atoms with van der Waals surface area (Å²) in [6, 6.07) is 47.4.